The fourth-order valence-electron chi connectivity index (χ4n) is 7.47. The Kier molecular flexibility index (Phi) is 14.1. The van der Waals surface area contributed by atoms with Gasteiger partial charge < -0.3 is 29.2 Å². The van der Waals surface area contributed by atoms with E-state index in [4.69, 9.17) is 33.8 Å². The molecule has 5 rings (SSSR count). The largest absolute Gasteiger partial charge is 0.414 e. The van der Waals surface area contributed by atoms with Gasteiger partial charge in [-0.15, -0.1) is 0 Å². The molecule has 346 valence electrons. The first-order valence-electron chi connectivity index (χ1n) is 20.9. The van der Waals surface area contributed by atoms with Crippen molar-refractivity contribution in [2.45, 2.75) is 173 Å². The summed E-state index contributed by atoms with van der Waals surface area (Å²) < 4.78 is 63.2. The van der Waals surface area contributed by atoms with Crippen molar-refractivity contribution in [1.82, 2.24) is 18.3 Å². The first-order valence-corrected chi connectivity index (χ1v) is 28.2. The van der Waals surface area contributed by atoms with Gasteiger partial charge in [0.25, 0.3) is 21.2 Å². The van der Waals surface area contributed by atoms with Gasteiger partial charge in [-0.3, -0.25) is 27.9 Å². The molecular formula is C39H64N8O12SSi2. The smallest absolute Gasteiger partial charge is 0.333 e. The van der Waals surface area contributed by atoms with Gasteiger partial charge in [-0.1, -0.05) is 46.7 Å². The summed E-state index contributed by atoms with van der Waals surface area (Å²) in [5.74, 6) is 0. The Bertz CT molecular complexity index is 2460. The number of aliphatic hydroxyl groups is 1. The topological polar surface area (TPSA) is 263 Å². The van der Waals surface area contributed by atoms with E-state index in [1.54, 1.807) is 13.8 Å². The van der Waals surface area contributed by atoms with Crippen molar-refractivity contribution in [2.24, 2.45) is 10.8 Å². The molecule has 0 aliphatic carbocycles. The molecule has 0 amide bonds. The predicted octanol–water partition coefficient (Wildman–Crippen LogP) is 3.99. The van der Waals surface area contributed by atoms with E-state index in [-0.39, 0.29) is 53.0 Å². The second-order valence-electron chi connectivity index (χ2n) is 19.6. The van der Waals surface area contributed by atoms with Gasteiger partial charge in [0.15, 0.2) is 28.5 Å². The number of hydrogen-bond acceptors (Lipinski definition) is 14. The third-order valence-corrected chi connectivity index (χ3v) is 23.2. The lowest BCUT2D eigenvalue weighted by Crippen LogP contribution is -2.59. The van der Waals surface area contributed by atoms with Gasteiger partial charge >= 0.3 is 11.4 Å². The molecule has 3 aliphatic heterocycles. The molecule has 4 unspecified atom stereocenters. The quantitative estimate of drug-likeness (QED) is 0.0640. The third-order valence-electron chi connectivity index (χ3n) is 13.2. The highest BCUT2D eigenvalue weighted by Crippen LogP contribution is 2.52. The van der Waals surface area contributed by atoms with Crippen LogP contribution < -0.4 is 28.2 Å². The Morgan fingerprint density at radius 2 is 1.44 bits per heavy atom. The number of ether oxygens (including phenoxy) is 2. The Hall–Kier alpha value is -3.65. The maximum atomic E-state index is 14.5. The number of unbranched alkanes of at least 4 members (excludes halogenated alkanes) is 2. The van der Waals surface area contributed by atoms with Crippen LogP contribution in [0.25, 0.3) is 10.4 Å². The van der Waals surface area contributed by atoms with E-state index in [0.717, 1.165) is 14.5 Å². The molecule has 20 nitrogen and oxygen atoms in total. The summed E-state index contributed by atoms with van der Waals surface area (Å²) in [4.78, 5) is 57.6. The van der Waals surface area contributed by atoms with E-state index < -0.39 is 98.3 Å². The van der Waals surface area contributed by atoms with Crippen LogP contribution in [0.15, 0.2) is 47.8 Å². The summed E-state index contributed by atoms with van der Waals surface area (Å²) in [6.07, 6.45) is -1.43. The lowest BCUT2D eigenvalue weighted by atomic mass is 9.89. The van der Waals surface area contributed by atoms with Gasteiger partial charge in [-0.05, 0) is 74.9 Å². The minimum Gasteiger partial charge on any atom is -0.414 e. The van der Waals surface area contributed by atoms with Gasteiger partial charge in [0, 0.05) is 47.9 Å². The lowest BCUT2D eigenvalue weighted by Gasteiger charge is -2.43. The molecule has 7 atom stereocenters. The van der Waals surface area contributed by atoms with Crippen molar-refractivity contribution in [3.8, 4) is 0 Å². The van der Waals surface area contributed by atoms with Crippen LogP contribution in [0.3, 0.4) is 0 Å². The molecule has 23 heteroatoms. The molecule has 3 N–H and O–H groups in total. The van der Waals surface area contributed by atoms with Crippen molar-refractivity contribution in [2.75, 3.05) is 13.2 Å². The molecule has 0 saturated carbocycles. The molecule has 62 heavy (non-hydrogen) atoms. The van der Waals surface area contributed by atoms with Gasteiger partial charge in [-0.25, -0.2) is 13.8 Å². The standard InChI is InChI=1S/C39H64N8O12SSi2/c1-24-19-46(30-18-26(42-43-41)27(21-48)56-30)35(51)44(32(24)49)16-14-13-15-17-45-33(50)25(2)20-47(36(45)52)34-31(58-62(11,12)38(6,7)8)39(28(40)23-60(53,54)59-39)29(57-34)22-55-61(9,10)37(3,4)5/h19-20,23,26-27,29-31,34,48H,13-18,21-22,40H2,1-12H3/t26-,27+,29?,30?,31-,34?,39?/m0/s1. The number of nitrogens with two attached hydrogens (primary N) is 1. The van der Waals surface area contributed by atoms with E-state index in [2.05, 4.69) is 30.8 Å². The number of aryl methyl sites for hydroxylation is 2. The fraction of sp³-hybridized carbons (Fsp3) is 0.744. The van der Waals surface area contributed by atoms with Crippen LogP contribution in [0.2, 0.25) is 36.3 Å². The van der Waals surface area contributed by atoms with Crippen LogP contribution in [0.5, 0.6) is 0 Å². The summed E-state index contributed by atoms with van der Waals surface area (Å²) in [7, 11) is -9.60. The summed E-state index contributed by atoms with van der Waals surface area (Å²) in [5, 5.41) is 13.6. The van der Waals surface area contributed by atoms with E-state index in [1.165, 1.54) is 21.5 Å². The minimum absolute atomic E-state index is 0.0258. The highest BCUT2D eigenvalue weighted by atomic mass is 32.2. The monoisotopic (exact) mass is 924 g/mol. The SMILES string of the molecule is Cc1cn(C2C[C@H](N=[N+]=[N-])[C@@H](CO)O2)c(=O)n(CCCCCn2c(=O)c(C)cn(C3OC(CO[Si](C)(C)C(C)(C)C)C4(OS(=O)(=O)C=C4N)[C@H]3O[Si](C)(C)C(C)(C)C)c2=O)c1=O. The molecule has 2 saturated heterocycles. The fourth-order valence-corrected chi connectivity index (χ4v) is 11.0. The molecule has 2 aromatic rings. The maximum Gasteiger partial charge on any atom is 0.333 e. The Labute approximate surface area is 363 Å². The van der Waals surface area contributed by atoms with Crippen molar-refractivity contribution in [3.05, 3.63) is 86.7 Å². The van der Waals surface area contributed by atoms with Gasteiger partial charge in [0.2, 0.25) is 0 Å². The molecular weight excluding hydrogens is 861 g/mol. The normalized spacial score (nSPS) is 26.6. The summed E-state index contributed by atoms with van der Waals surface area (Å²) >= 11 is 0. The zero-order chi connectivity index (χ0) is 46.5. The molecule has 2 aromatic heterocycles. The van der Waals surface area contributed by atoms with Crippen LogP contribution in [0, 0.1) is 13.8 Å². The number of hydrogen-bond donors (Lipinski definition) is 2. The van der Waals surface area contributed by atoms with Crippen LogP contribution in [-0.2, 0) is 45.7 Å². The number of aromatic nitrogens is 4. The lowest BCUT2D eigenvalue weighted by molar-refractivity contribution is -0.0567. The zero-order valence-corrected chi connectivity index (χ0v) is 40.7. The number of azide groups is 1. The van der Waals surface area contributed by atoms with Gasteiger partial charge in [0.1, 0.15) is 18.4 Å². The first-order chi connectivity index (χ1) is 28.5. The van der Waals surface area contributed by atoms with E-state index in [0.29, 0.717) is 19.3 Å². The highest BCUT2D eigenvalue weighted by molar-refractivity contribution is 7.90. The molecule has 1 spiro atoms. The molecule has 0 radical (unpaired) electrons. The Morgan fingerprint density at radius 3 is 1.92 bits per heavy atom. The summed E-state index contributed by atoms with van der Waals surface area (Å²) in [5.41, 5.74) is 11.6. The summed E-state index contributed by atoms with van der Waals surface area (Å²) in [6, 6.07) is -0.695. The van der Waals surface area contributed by atoms with Crippen molar-refractivity contribution in [3.63, 3.8) is 0 Å². The van der Waals surface area contributed by atoms with Crippen LogP contribution >= 0.6 is 0 Å². The number of aliphatic hydroxyl groups excluding tert-OH is 1. The Morgan fingerprint density at radius 1 is 0.903 bits per heavy atom. The highest BCUT2D eigenvalue weighted by Gasteiger charge is 2.67. The molecule has 2 fully saturated rings. The number of rotatable bonds is 15. The van der Waals surface area contributed by atoms with Crippen molar-refractivity contribution < 1.29 is 36.0 Å². The average molecular weight is 925 g/mol. The molecule has 0 aromatic carbocycles. The zero-order valence-electron chi connectivity index (χ0n) is 37.9. The van der Waals surface area contributed by atoms with E-state index in [1.807, 2.05) is 47.0 Å². The second-order valence-corrected chi connectivity index (χ2v) is 30.6. The van der Waals surface area contributed by atoms with Crippen molar-refractivity contribution in [1.29, 1.82) is 0 Å². The van der Waals surface area contributed by atoms with E-state index in [9.17, 15) is 32.7 Å². The van der Waals surface area contributed by atoms with Gasteiger partial charge in [0.05, 0.1) is 36.5 Å². The van der Waals surface area contributed by atoms with Crippen molar-refractivity contribution >= 4 is 26.8 Å². The maximum absolute atomic E-state index is 14.5. The molecule has 5 heterocycles. The number of nitrogens with zero attached hydrogens (tertiary/aromatic N) is 7. The van der Waals surface area contributed by atoms with E-state index >= 15 is 0 Å². The Balaban J connectivity index is 1.45. The van der Waals surface area contributed by atoms with Gasteiger partial charge in [-0.2, -0.15) is 8.42 Å². The summed E-state index contributed by atoms with van der Waals surface area (Å²) in [6.45, 7) is 22.9. The van der Waals surface area contributed by atoms with Crippen LogP contribution in [0.4, 0.5) is 0 Å². The van der Waals surface area contributed by atoms with Crippen LogP contribution in [-0.4, -0.2) is 91.6 Å². The molecule has 0 bridgehead atoms. The third kappa shape index (κ3) is 9.42. The minimum atomic E-state index is -4.32. The predicted molar refractivity (Wildman–Crippen MR) is 236 cm³/mol. The van der Waals surface area contributed by atoms with Crippen LogP contribution in [0.1, 0.15) is 90.8 Å². The average Bonchev–Trinajstić information content (AvgIpc) is 3.78. The second kappa shape index (κ2) is 17.7. The molecule has 3 aliphatic rings. The first kappa shape index (κ1) is 49.4.